The zero-order valence-electron chi connectivity index (χ0n) is 17.6. The van der Waals surface area contributed by atoms with Crippen LogP contribution in [0.1, 0.15) is 58.9 Å². The second kappa shape index (κ2) is 7.29. The molecule has 0 atom stereocenters. The first-order valence-corrected chi connectivity index (χ1v) is 10.6. The summed E-state index contributed by atoms with van der Waals surface area (Å²) in [5.41, 5.74) is 1.37. The van der Waals surface area contributed by atoms with Gasteiger partial charge >= 0.3 is 6.09 Å². The Morgan fingerprint density at radius 2 is 1.97 bits per heavy atom. The highest BCUT2D eigenvalue weighted by molar-refractivity contribution is 5.84. The lowest BCUT2D eigenvalue weighted by Crippen LogP contribution is -2.43. The van der Waals surface area contributed by atoms with Crippen molar-refractivity contribution in [2.45, 2.75) is 70.1 Å². The van der Waals surface area contributed by atoms with Gasteiger partial charge in [-0.25, -0.2) is 4.79 Å². The molecule has 2 heterocycles. The first kappa shape index (κ1) is 19.6. The van der Waals surface area contributed by atoms with Crippen LogP contribution in [0.4, 0.5) is 10.5 Å². The normalized spacial score (nSPS) is 19.4. The van der Waals surface area contributed by atoms with Gasteiger partial charge < -0.3 is 19.5 Å². The van der Waals surface area contributed by atoms with E-state index >= 15 is 0 Å². The molecule has 2 aromatic rings. The van der Waals surface area contributed by atoms with Crippen molar-refractivity contribution in [1.82, 2.24) is 9.47 Å². The first-order chi connectivity index (χ1) is 13.8. The summed E-state index contributed by atoms with van der Waals surface area (Å²) in [6.07, 6.45) is 6.71. The van der Waals surface area contributed by atoms with Crippen LogP contribution in [0.3, 0.4) is 0 Å². The summed E-state index contributed by atoms with van der Waals surface area (Å²) in [5.74, 6) is 0. The molecule has 0 unspecified atom stereocenters. The van der Waals surface area contributed by atoms with E-state index in [4.69, 9.17) is 4.74 Å². The lowest BCUT2D eigenvalue weighted by Gasteiger charge is -2.36. The maximum absolute atomic E-state index is 12.3. The second-order valence-corrected chi connectivity index (χ2v) is 9.37. The number of likely N-dealkylation sites (tertiary alicyclic amines) is 1. The smallest absolute Gasteiger partial charge is 0.410 e. The third-order valence-electron chi connectivity index (χ3n) is 6.03. The van der Waals surface area contributed by atoms with Crippen molar-refractivity contribution >= 4 is 22.7 Å². The van der Waals surface area contributed by atoms with Crippen molar-refractivity contribution in [2.75, 3.05) is 18.4 Å². The lowest BCUT2D eigenvalue weighted by atomic mass is 9.78. The number of nitrogens with zero attached hydrogens (tertiary/aromatic N) is 3. The third kappa shape index (κ3) is 4.05. The fourth-order valence-electron chi connectivity index (χ4n) is 4.28. The molecular weight excluding hydrogens is 364 g/mol. The Labute approximate surface area is 172 Å². The molecule has 6 heteroatoms. The van der Waals surface area contributed by atoms with Crippen molar-refractivity contribution in [1.29, 1.82) is 5.26 Å². The van der Waals surface area contributed by atoms with E-state index in [9.17, 15) is 10.1 Å². The van der Waals surface area contributed by atoms with E-state index in [-0.39, 0.29) is 11.6 Å². The number of fused-ring (bicyclic) bond motifs is 1. The molecular formula is C23H30N4O2. The average Bonchev–Trinajstić information content (AvgIpc) is 3.06. The van der Waals surface area contributed by atoms with Crippen molar-refractivity contribution in [2.24, 2.45) is 0 Å². The monoisotopic (exact) mass is 394 g/mol. The standard InChI is InChI=1S/C23H30N4O2/c1-22(2,3)29-21(28)26-12-8-19(9-13-26)27-14-7-17-15-18(5-6-20(17)27)25-23(16-24)10-4-11-23/h5-7,14-15,19,25H,4,8-13H2,1-3H3. The van der Waals surface area contributed by atoms with Crippen molar-refractivity contribution in [3.8, 4) is 6.07 Å². The van der Waals surface area contributed by atoms with Crippen molar-refractivity contribution in [3.63, 3.8) is 0 Å². The minimum atomic E-state index is -0.458. The largest absolute Gasteiger partial charge is 0.444 e. The number of aromatic nitrogens is 1. The summed E-state index contributed by atoms with van der Waals surface area (Å²) in [7, 11) is 0. The van der Waals surface area contributed by atoms with Gasteiger partial charge in [0.15, 0.2) is 0 Å². The maximum atomic E-state index is 12.3. The van der Waals surface area contributed by atoms with Gasteiger partial charge in [0.1, 0.15) is 11.1 Å². The number of piperidine rings is 1. The Kier molecular flexibility index (Phi) is 4.94. The Balaban J connectivity index is 1.43. The maximum Gasteiger partial charge on any atom is 0.410 e. The Morgan fingerprint density at radius 3 is 2.55 bits per heavy atom. The van der Waals surface area contributed by atoms with Gasteiger partial charge in [-0.15, -0.1) is 0 Å². The molecule has 0 bridgehead atoms. The summed E-state index contributed by atoms with van der Waals surface area (Å²) in [5, 5.41) is 14.1. The zero-order valence-corrected chi connectivity index (χ0v) is 17.6. The van der Waals surface area contributed by atoms with Gasteiger partial charge in [0.25, 0.3) is 0 Å². The molecule has 1 saturated carbocycles. The van der Waals surface area contributed by atoms with Crippen LogP contribution < -0.4 is 5.32 Å². The molecule has 1 aromatic carbocycles. The Hall–Kier alpha value is -2.68. The second-order valence-electron chi connectivity index (χ2n) is 9.37. The van der Waals surface area contributed by atoms with Crippen LogP contribution in [0.25, 0.3) is 10.9 Å². The molecule has 1 aliphatic heterocycles. The van der Waals surface area contributed by atoms with Gasteiger partial charge in [-0.3, -0.25) is 0 Å². The number of ether oxygens (including phenoxy) is 1. The summed E-state index contributed by atoms with van der Waals surface area (Å²) in [6.45, 7) is 7.12. The number of rotatable bonds is 3. The molecule has 4 rings (SSSR count). The topological polar surface area (TPSA) is 70.3 Å². The molecule has 6 nitrogen and oxygen atoms in total. The van der Waals surface area contributed by atoms with Crippen LogP contribution in [0.5, 0.6) is 0 Å². The highest BCUT2D eigenvalue weighted by Crippen LogP contribution is 2.36. The Bertz CT molecular complexity index is 938. The van der Waals surface area contributed by atoms with Gasteiger partial charge in [-0.05, 0) is 77.1 Å². The molecule has 1 aromatic heterocycles. The van der Waals surface area contributed by atoms with E-state index in [1.54, 1.807) is 0 Å². The minimum absolute atomic E-state index is 0.216. The van der Waals surface area contributed by atoms with Gasteiger partial charge in [0, 0.05) is 41.9 Å². The number of benzene rings is 1. The number of anilines is 1. The molecule has 2 fully saturated rings. The van der Waals surface area contributed by atoms with Crippen LogP contribution in [0.2, 0.25) is 0 Å². The summed E-state index contributed by atoms with van der Waals surface area (Å²) >= 11 is 0. The number of hydrogen-bond donors (Lipinski definition) is 1. The number of nitrogens with one attached hydrogen (secondary N) is 1. The predicted octanol–water partition coefficient (Wildman–Crippen LogP) is 5.07. The summed E-state index contributed by atoms with van der Waals surface area (Å²) < 4.78 is 7.83. The molecule has 1 aliphatic carbocycles. The highest BCUT2D eigenvalue weighted by Gasteiger charge is 2.37. The fraction of sp³-hybridized carbons (Fsp3) is 0.565. The van der Waals surface area contributed by atoms with E-state index in [1.165, 1.54) is 10.9 Å². The molecule has 1 N–H and O–H groups in total. The zero-order chi connectivity index (χ0) is 20.6. The number of nitriles is 1. The highest BCUT2D eigenvalue weighted by atomic mass is 16.6. The molecule has 154 valence electrons. The van der Waals surface area contributed by atoms with Gasteiger partial charge in [0.05, 0.1) is 6.07 Å². The summed E-state index contributed by atoms with van der Waals surface area (Å²) in [6, 6.07) is 11.3. The molecule has 0 radical (unpaired) electrons. The minimum Gasteiger partial charge on any atom is -0.444 e. The molecule has 0 spiro atoms. The third-order valence-corrected chi connectivity index (χ3v) is 6.03. The van der Waals surface area contributed by atoms with Crippen LogP contribution in [0.15, 0.2) is 30.5 Å². The molecule has 29 heavy (non-hydrogen) atoms. The van der Waals surface area contributed by atoms with Gasteiger partial charge in [0.2, 0.25) is 0 Å². The number of amides is 1. The fourth-order valence-corrected chi connectivity index (χ4v) is 4.28. The van der Waals surface area contributed by atoms with Crippen LogP contribution in [0, 0.1) is 11.3 Å². The molecule has 2 aliphatic rings. The average molecular weight is 395 g/mol. The first-order valence-electron chi connectivity index (χ1n) is 10.6. The SMILES string of the molecule is CC(C)(C)OC(=O)N1CCC(n2ccc3cc(NC4(C#N)CCC4)ccc32)CC1. The molecule has 1 amide bonds. The Morgan fingerprint density at radius 1 is 1.24 bits per heavy atom. The van der Waals surface area contributed by atoms with E-state index in [1.807, 2.05) is 25.7 Å². The quantitative estimate of drug-likeness (QED) is 0.789. The van der Waals surface area contributed by atoms with Gasteiger partial charge in [-0.1, -0.05) is 0 Å². The van der Waals surface area contributed by atoms with Crippen molar-refractivity contribution < 1.29 is 9.53 Å². The van der Waals surface area contributed by atoms with E-state index in [0.29, 0.717) is 19.1 Å². The number of carbonyl (C=O) groups is 1. The van der Waals surface area contributed by atoms with Crippen LogP contribution in [-0.4, -0.2) is 39.8 Å². The van der Waals surface area contributed by atoms with E-state index in [2.05, 4.69) is 46.4 Å². The predicted molar refractivity (Wildman–Crippen MR) is 114 cm³/mol. The van der Waals surface area contributed by atoms with Crippen LogP contribution >= 0.6 is 0 Å². The summed E-state index contributed by atoms with van der Waals surface area (Å²) in [4.78, 5) is 14.1. The van der Waals surface area contributed by atoms with E-state index < -0.39 is 5.60 Å². The number of carbonyl (C=O) groups excluding carboxylic acids is 1. The van der Waals surface area contributed by atoms with E-state index in [0.717, 1.165) is 37.8 Å². The van der Waals surface area contributed by atoms with Crippen LogP contribution in [-0.2, 0) is 4.74 Å². The van der Waals surface area contributed by atoms with Crippen molar-refractivity contribution in [3.05, 3.63) is 30.5 Å². The number of hydrogen-bond acceptors (Lipinski definition) is 4. The molecule has 1 saturated heterocycles. The van der Waals surface area contributed by atoms with Gasteiger partial charge in [-0.2, -0.15) is 5.26 Å². The lowest BCUT2D eigenvalue weighted by molar-refractivity contribution is 0.0190.